The second kappa shape index (κ2) is 5.83. The van der Waals surface area contributed by atoms with E-state index < -0.39 is 6.04 Å². The molecule has 0 bridgehead atoms. The summed E-state index contributed by atoms with van der Waals surface area (Å²) in [6.45, 7) is 5.52. The Morgan fingerprint density at radius 2 is 2.00 bits per heavy atom. The Bertz CT molecular complexity index is 607. The van der Waals surface area contributed by atoms with Crippen molar-refractivity contribution in [2.75, 3.05) is 5.32 Å². The number of amides is 1. The van der Waals surface area contributed by atoms with E-state index in [4.69, 9.17) is 10.2 Å². The Labute approximate surface area is 117 Å². The first-order chi connectivity index (χ1) is 9.49. The first-order valence-electron chi connectivity index (χ1n) is 6.45. The monoisotopic (exact) mass is 274 g/mol. The van der Waals surface area contributed by atoms with E-state index in [0.29, 0.717) is 23.0 Å². The van der Waals surface area contributed by atoms with Crippen LogP contribution in [0, 0.1) is 12.8 Å². The number of carbonyl (C=O) groups excluding carboxylic acids is 1. The molecule has 0 saturated heterocycles. The standard InChI is InChI=1S/C14H18N4O2/c1-8(2)12(15)13(19)16-11-7-5-4-6-10(11)14-18-17-9(3)20-14/h4-8,12H,15H2,1-3H3,(H,16,19)/t12-/m0/s1. The third-order valence-corrected chi connectivity index (χ3v) is 2.96. The number of hydrogen-bond donors (Lipinski definition) is 2. The molecule has 1 atom stereocenters. The molecule has 20 heavy (non-hydrogen) atoms. The van der Waals surface area contributed by atoms with Gasteiger partial charge in [-0.15, -0.1) is 10.2 Å². The van der Waals surface area contributed by atoms with Crippen molar-refractivity contribution in [2.24, 2.45) is 11.7 Å². The topological polar surface area (TPSA) is 94.0 Å². The summed E-state index contributed by atoms with van der Waals surface area (Å²) < 4.78 is 5.39. The molecule has 1 aromatic heterocycles. The average Bonchev–Trinajstić information content (AvgIpc) is 2.84. The van der Waals surface area contributed by atoms with Crippen LogP contribution in [0.3, 0.4) is 0 Å². The lowest BCUT2D eigenvalue weighted by atomic mass is 10.0. The van der Waals surface area contributed by atoms with Gasteiger partial charge in [0.15, 0.2) is 0 Å². The van der Waals surface area contributed by atoms with E-state index >= 15 is 0 Å². The van der Waals surface area contributed by atoms with Gasteiger partial charge in [-0.25, -0.2) is 0 Å². The van der Waals surface area contributed by atoms with Crippen molar-refractivity contribution in [3.05, 3.63) is 30.2 Å². The average molecular weight is 274 g/mol. The molecule has 2 rings (SSSR count). The molecule has 1 amide bonds. The highest BCUT2D eigenvalue weighted by atomic mass is 16.4. The second-order valence-corrected chi connectivity index (χ2v) is 4.93. The minimum atomic E-state index is -0.563. The van der Waals surface area contributed by atoms with Gasteiger partial charge < -0.3 is 15.5 Å². The van der Waals surface area contributed by atoms with Crippen molar-refractivity contribution < 1.29 is 9.21 Å². The Hall–Kier alpha value is -2.21. The zero-order chi connectivity index (χ0) is 14.7. The number of nitrogens with two attached hydrogens (primary N) is 1. The smallest absolute Gasteiger partial charge is 0.249 e. The summed E-state index contributed by atoms with van der Waals surface area (Å²) in [7, 11) is 0. The number of benzene rings is 1. The number of aromatic nitrogens is 2. The summed E-state index contributed by atoms with van der Waals surface area (Å²) in [4.78, 5) is 12.0. The lowest BCUT2D eigenvalue weighted by molar-refractivity contribution is -0.118. The summed E-state index contributed by atoms with van der Waals surface area (Å²) >= 11 is 0. The summed E-state index contributed by atoms with van der Waals surface area (Å²) in [5, 5.41) is 10.6. The molecule has 1 heterocycles. The normalized spacial score (nSPS) is 12.4. The zero-order valence-corrected chi connectivity index (χ0v) is 11.8. The number of hydrogen-bond acceptors (Lipinski definition) is 5. The fourth-order valence-corrected chi connectivity index (χ4v) is 1.70. The zero-order valence-electron chi connectivity index (χ0n) is 11.8. The number of carbonyl (C=O) groups is 1. The molecule has 0 radical (unpaired) electrons. The van der Waals surface area contributed by atoms with E-state index in [9.17, 15) is 4.79 Å². The molecule has 0 fully saturated rings. The number of nitrogens with zero attached hydrogens (tertiary/aromatic N) is 2. The quantitative estimate of drug-likeness (QED) is 0.888. The molecule has 2 aromatic rings. The van der Waals surface area contributed by atoms with Crippen LogP contribution in [0.2, 0.25) is 0 Å². The van der Waals surface area contributed by atoms with E-state index in [1.165, 1.54) is 0 Å². The van der Waals surface area contributed by atoms with Crippen LogP contribution in [0.4, 0.5) is 5.69 Å². The van der Waals surface area contributed by atoms with Crippen LogP contribution in [-0.2, 0) is 4.79 Å². The van der Waals surface area contributed by atoms with Crippen molar-refractivity contribution >= 4 is 11.6 Å². The van der Waals surface area contributed by atoms with Gasteiger partial charge in [-0.3, -0.25) is 4.79 Å². The Kier molecular flexibility index (Phi) is 4.14. The fourth-order valence-electron chi connectivity index (χ4n) is 1.70. The molecule has 106 valence electrons. The van der Waals surface area contributed by atoms with Gasteiger partial charge in [-0.1, -0.05) is 26.0 Å². The summed E-state index contributed by atoms with van der Waals surface area (Å²) in [6, 6.07) is 6.69. The van der Waals surface area contributed by atoms with Crippen LogP contribution < -0.4 is 11.1 Å². The van der Waals surface area contributed by atoms with Crippen molar-refractivity contribution in [1.82, 2.24) is 10.2 Å². The molecular weight excluding hydrogens is 256 g/mol. The van der Waals surface area contributed by atoms with Gasteiger partial charge in [0.1, 0.15) is 0 Å². The molecule has 0 aliphatic heterocycles. The van der Waals surface area contributed by atoms with Crippen LogP contribution >= 0.6 is 0 Å². The van der Waals surface area contributed by atoms with E-state index in [0.717, 1.165) is 0 Å². The molecule has 1 aromatic carbocycles. The molecule has 3 N–H and O–H groups in total. The van der Waals surface area contributed by atoms with E-state index in [2.05, 4.69) is 15.5 Å². The predicted molar refractivity (Wildman–Crippen MR) is 75.9 cm³/mol. The molecular formula is C14H18N4O2. The summed E-state index contributed by atoms with van der Waals surface area (Å²) in [5.74, 6) is 0.674. The van der Waals surface area contributed by atoms with Crippen molar-refractivity contribution in [3.63, 3.8) is 0 Å². The largest absolute Gasteiger partial charge is 0.421 e. The Morgan fingerprint density at radius 3 is 2.60 bits per heavy atom. The van der Waals surface area contributed by atoms with E-state index in [1.807, 2.05) is 32.0 Å². The fraction of sp³-hybridized carbons (Fsp3) is 0.357. The van der Waals surface area contributed by atoms with Gasteiger partial charge >= 0.3 is 0 Å². The number of nitrogens with one attached hydrogen (secondary N) is 1. The molecule has 6 heteroatoms. The van der Waals surface area contributed by atoms with Crippen molar-refractivity contribution in [1.29, 1.82) is 0 Å². The summed E-state index contributed by atoms with van der Waals surface area (Å²) in [5.41, 5.74) is 7.12. The predicted octanol–water partition coefficient (Wildman–Crippen LogP) is 1.97. The molecule has 0 spiro atoms. The minimum Gasteiger partial charge on any atom is -0.421 e. The molecule has 6 nitrogen and oxygen atoms in total. The second-order valence-electron chi connectivity index (χ2n) is 4.93. The van der Waals surface area contributed by atoms with Crippen LogP contribution in [0.15, 0.2) is 28.7 Å². The highest BCUT2D eigenvalue weighted by molar-refractivity contribution is 5.97. The van der Waals surface area contributed by atoms with Gasteiger partial charge in [0.2, 0.25) is 17.7 Å². The van der Waals surface area contributed by atoms with Gasteiger partial charge in [-0.05, 0) is 18.1 Å². The first kappa shape index (κ1) is 14.2. The van der Waals surface area contributed by atoms with Crippen molar-refractivity contribution in [3.8, 4) is 11.5 Å². The third-order valence-electron chi connectivity index (χ3n) is 2.96. The van der Waals surface area contributed by atoms with Gasteiger partial charge in [0.25, 0.3) is 0 Å². The molecule has 0 aliphatic carbocycles. The SMILES string of the molecule is Cc1nnc(-c2ccccc2NC(=O)[C@@H](N)C(C)C)o1. The van der Waals surface area contributed by atoms with Crippen LogP contribution in [0.25, 0.3) is 11.5 Å². The maximum absolute atomic E-state index is 12.0. The Morgan fingerprint density at radius 1 is 1.30 bits per heavy atom. The number of anilines is 1. The van der Waals surface area contributed by atoms with E-state index in [-0.39, 0.29) is 11.8 Å². The lowest BCUT2D eigenvalue weighted by Gasteiger charge is -2.16. The molecule has 0 aliphatic rings. The van der Waals surface area contributed by atoms with Crippen LogP contribution in [-0.4, -0.2) is 22.1 Å². The van der Waals surface area contributed by atoms with Crippen molar-refractivity contribution in [2.45, 2.75) is 26.8 Å². The maximum atomic E-state index is 12.0. The van der Waals surface area contributed by atoms with Crippen LogP contribution in [0.5, 0.6) is 0 Å². The molecule has 0 saturated carbocycles. The van der Waals surface area contributed by atoms with Gasteiger partial charge in [0.05, 0.1) is 17.3 Å². The third kappa shape index (κ3) is 3.03. The summed E-state index contributed by atoms with van der Waals surface area (Å²) in [6.07, 6.45) is 0. The number of para-hydroxylation sites is 1. The highest BCUT2D eigenvalue weighted by Crippen LogP contribution is 2.26. The molecule has 0 unspecified atom stereocenters. The lowest BCUT2D eigenvalue weighted by Crippen LogP contribution is -2.39. The first-order valence-corrected chi connectivity index (χ1v) is 6.45. The maximum Gasteiger partial charge on any atom is 0.249 e. The number of rotatable bonds is 4. The van der Waals surface area contributed by atoms with Gasteiger partial charge in [0, 0.05) is 6.92 Å². The van der Waals surface area contributed by atoms with Gasteiger partial charge in [-0.2, -0.15) is 0 Å². The van der Waals surface area contributed by atoms with E-state index in [1.54, 1.807) is 13.0 Å². The highest BCUT2D eigenvalue weighted by Gasteiger charge is 2.19. The minimum absolute atomic E-state index is 0.0628. The van der Waals surface area contributed by atoms with Crippen LogP contribution in [0.1, 0.15) is 19.7 Å². The Balaban J connectivity index is 2.27. The number of aryl methyl sites for hydroxylation is 1.